The van der Waals surface area contributed by atoms with Crippen molar-refractivity contribution in [1.29, 1.82) is 0 Å². The highest BCUT2D eigenvalue weighted by atomic mass is 16.8. The lowest BCUT2D eigenvalue weighted by molar-refractivity contribution is -0.396. The van der Waals surface area contributed by atoms with E-state index in [0.29, 0.717) is 44.9 Å². The molecule has 13 N–H and O–H groups in total. The summed E-state index contributed by atoms with van der Waals surface area (Å²) in [5.41, 5.74) is -2.87. The van der Waals surface area contributed by atoms with E-state index in [4.69, 9.17) is 66.3 Å². The van der Waals surface area contributed by atoms with Crippen LogP contribution in [-0.4, -0.2) is 288 Å². The second-order valence-electron chi connectivity index (χ2n) is 31.1. The van der Waals surface area contributed by atoms with Gasteiger partial charge in [0.15, 0.2) is 55.9 Å². The van der Waals surface area contributed by atoms with Crippen molar-refractivity contribution in [2.24, 2.45) is 50.2 Å². The monoisotopic (exact) mass is 1420 g/mol. The normalized spacial score (nSPS) is 50.4. The molecule has 35 unspecified atom stereocenters. The number of rotatable bonds is 18. The van der Waals surface area contributed by atoms with Crippen LogP contribution < -0.4 is 0 Å². The van der Waals surface area contributed by atoms with E-state index in [1.807, 2.05) is 20.8 Å². The van der Waals surface area contributed by atoms with Gasteiger partial charge in [0.05, 0.1) is 44.2 Å². The van der Waals surface area contributed by atoms with Crippen LogP contribution in [0.2, 0.25) is 0 Å². The van der Waals surface area contributed by atoms with Gasteiger partial charge in [0.2, 0.25) is 0 Å². The molecule has 32 nitrogen and oxygen atoms in total. The zero-order valence-electron chi connectivity index (χ0n) is 58.0. The number of carbonyl (C=O) groups excluding carboxylic acids is 4. The van der Waals surface area contributed by atoms with Crippen LogP contribution in [0.15, 0.2) is 11.6 Å². The summed E-state index contributed by atoms with van der Waals surface area (Å²) < 4.78 is 83.8. The quantitative estimate of drug-likeness (QED) is 0.0313. The van der Waals surface area contributed by atoms with E-state index in [-0.39, 0.29) is 29.6 Å². The number of aliphatic hydroxyl groups excluding tert-OH is 12. The molecule has 5 aliphatic carbocycles. The topological polar surface area (TPSA) is 478 Å². The van der Waals surface area contributed by atoms with Gasteiger partial charge in [-0.3, -0.25) is 19.2 Å². The van der Waals surface area contributed by atoms with Crippen LogP contribution >= 0.6 is 0 Å². The van der Waals surface area contributed by atoms with E-state index in [2.05, 4.69) is 33.8 Å². The van der Waals surface area contributed by atoms with Crippen molar-refractivity contribution < 1.29 is 157 Å². The Morgan fingerprint density at radius 2 is 1.12 bits per heavy atom. The first-order valence-electron chi connectivity index (χ1n) is 34.3. The number of ether oxygens (including phenoxy) is 14. The summed E-state index contributed by atoms with van der Waals surface area (Å²) in [5.74, 6) is -5.54. The molecule has 0 radical (unpaired) electrons. The number of fused-ring (bicyclic) bond motifs is 7. The van der Waals surface area contributed by atoms with Crippen molar-refractivity contribution in [3.63, 3.8) is 0 Å². The maximum absolute atomic E-state index is 12.7. The molecule has 564 valence electrons. The maximum atomic E-state index is 12.7. The number of hydrogen-bond acceptors (Lipinski definition) is 31. The molecule has 5 aliphatic heterocycles. The minimum absolute atomic E-state index is 0.00419. The average molecular weight is 1420 g/mol. The van der Waals surface area contributed by atoms with Gasteiger partial charge in [0.1, 0.15) is 92.1 Å². The minimum atomic E-state index is -2.16. The lowest BCUT2D eigenvalue weighted by Crippen LogP contribution is -2.69. The first kappa shape index (κ1) is 77.8. The van der Waals surface area contributed by atoms with Crippen LogP contribution in [0, 0.1) is 50.2 Å². The molecule has 0 aromatic heterocycles. The predicted octanol–water partition coefficient (Wildman–Crippen LogP) is -1.75. The highest BCUT2D eigenvalue weighted by Gasteiger charge is 2.71. The van der Waals surface area contributed by atoms with E-state index in [1.165, 1.54) is 12.5 Å². The molecule has 0 spiro atoms. The first-order valence-corrected chi connectivity index (χ1v) is 34.3. The fraction of sp³-hybridized carbons (Fsp3) is 0.896. The largest absolute Gasteiger partial charge is 0.479 e. The molecular weight excluding hydrogens is 1320 g/mol. The molecule has 35 atom stereocenters. The third-order valence-electron chi connectivity index (χ3n) is 24.7. The lowest BCUT2D eigenvalue weighted by atomic mass is 9.33. The molecule has 5 saturated heterocycles. The number of aliphatic carboxylic acids is 1. The molecule has 9 fully saturated rings. The highest BCUT2D eigenvalue weighted by Crippen LogP contribution is 2.76. The first-order chi connectivity index (χ1) is 46.2. The predicted molar refractivity (Wildman–Crippen MR) is 329 cm³/mol. The SMILES string of the molecule is CC(=O)OCC1OC(OC2C(O)COC(OC3C(O)C(C)(C)CC4C5=CCC6C7(C)CCC(OC8OC(C(=O)O)C(O)C(O)C8OC8OC(CO)C(O)C(O)C8OC8OC(C)C(O)C(O)C8O)C(C)(CO)C7CCC6(C)C5(C)CCC43C)C2O)C(OC(C)=O)C(OC(C)=O)C1OC(C)=O. The second kappa shape index (κ2) is 29.3. The number of carbonyl (C=O) groups is 5. The molecule has 0 aromatic rings. The Kier molecular flexibility index (Phi) is 23.0. The van der Waals surface area contributed by atoms with Crippen molar-refractivity contribution in [2.45, 2.75) is 300 Å². The van der Waals surface area contributed by atoms with E-state index in [9.17, 15) is 90.4 Å². The van der Waals surface area contributed by atoms with Crippen LogP contribution in [0.1, 0.15) is 134 Å². The third-order valence-corrected chi connectivity index (χ3v) is 24.7. The van der Waals surface area contributed by atoms with Gasteiger partial charge in [-0.05, 0) is 97.7 Å². The van der Waals surface area contributed by atoms with E-state index in [0.717, 1.165) is 27.7 Å². The van der Waals surface area contributed by atoms with Gasteiger partial charge in [0, 0.05) is 38.5 Å². The number of esters is 4. The smallest absolute Gasteiger partial charge is 0.335 e. The molecule has 0 bridgehead atoms. The fourth-order valence-corrected chi connectivity index (χ4v) is 19.0. The Bertz CT molecular complexity index is 2940. The molecule has 10 aliphatic rings. The lowest BCUT2D eigenvalue weighted by Gasteiger charge is -2.72. The molecular formula is C67H104O32. The number of carboxylic acids is 1. The molecule has 10 rings (SSSR count). The zero-order valence-corrected chi connectivity index (χ0v) is 58.0. The van der Waals surface area contributed by atoms with Gasteiger partial charge in [-0.1, -0.05) is 60.1 Å². The van der Waals surface area contributed by atoms with E-state index >= 15 is 0 Å². The summed E-state index contributed by atoms with van der Waals surface area (Å²) in [6, 6.07) is 0. The number of hydrogen-bond donors (Lipinski definition) is 13. The van der Waals surface area contributed by atoms with Gasteiger partial charge in [0.25, 0.3) is 0 Å². The van der Waals surface area contributed by atoms with Crippen molar-refractivity contribution in [2.75, 3.05) is 26.4 Å². The molecule has 0 aromatic carbocycles. The summed E-state index contributed by atoms with van der Waals surface area (Å²) in [4.78, 5) is 62.5. The number of carboxylic acid groups (broad SMARTS) is 1. The van der Waals surface area contributed by atoms with Crippen LogP contribution in [0.4, 0.5) is 0 Å². The Labute approximate surface area is 573 Å². The maximum Gasteiger partial charge on any atom is 0.335 e. The third kappa shape index (κ3) is 14.0. The highest BCUT2D eigenvalue weighted by molar-refractivity contribution is 5.73. The van der Waals surface area contributed by atoms with Crippen molar-refractivity contribution in [3.8, 4) is 0 Å². The Balaban J connectivity index is 0.893. The summed E-state index contributed by atoms with van der Waals surface area (Å²) in [6.45, 7) is 18.0. The Morgan fingerprint density at radius 1 is 0.535 bits per heavy atom. The van der Waals surface area contributed by atoms with Crippen LogP contribution in [0.25, 0.3) is 0 Å². The Morgan fingerprint density at radius 3 is 1.74 bits per heavy atom. The molecule has 4 saturated carbocycles. The summed E-state index contributed by atoms with van der Waals surface area (Å²) >= 11 is 0. The Hall–Kier alpha value is -3.79. The number of aliphatic hydroxyl groups is 12. The zero-order chi connectivity index (χ0) is 72.9. The average Bonchev–Trinajstić information content (AvgIpc) is 0.674. The molecule has 5 heterocycles. The van der Waals surface area contributed by atoms with E-state index in [1.54, 1.807) is 0 Å². The van der Waals surface area contributed by atoms with Crippen molar-refractivity contribution in [1.82, 2.24) is 0 Å². The van der Waals surface area contributed by atoms with Gasteiger partial charge in [-0.15, -0.1) is 0 Å². The van der Waals surface area contributed by atoms with Crippen LogP contribution in [-0.2, 0) is 90.3 Å². The van der Waals surface area contributed by atoms with Gasteiger partial charge in [-0.2, -0.15) is 0 Å². The fourth-order valence-electron chi connectivity index (χ4n) is 19.0. The summed E-state index contributed by atoms with van der Waals surface area (Å²) in [7, 11) is 0. The molecule has 99 heavy (non-hydrogen) atoms. The van der Waals surface area contributed by atoms with Crippen molar-refractivity contribution in [3.05, 3.63) is 11.6 Å². The molecule has 0 amide bonds. The minimum Gasteiger partial charge on any atom is -0.479 e. The van der Waals surface area contributed by atoms with Crippen LogP contribution in [0.5, 0.6) is 0 Å². The van der Waals surface area contributed by atoms with E-state index < -0.39 is 249 Å². The summed E-state index contributed by atoms with van der Waals surface area (Å²) in [6.07, 6.45) is -38.6. The van der Waals surface area contributed by atoms with Gasteiger partial charge >= 0.3 is 29.8 Å². The summed E-state index contributed by atoms with van der Waals surface area (Å²) in [5, 5.41) is 146. The van der Waals surface area contributed by atoms with Crippen LogP contribution in [0.3, 0.4) is 0 Å². The van der Waals surface area contributed by atoms with Crippen molar-refractivity contribution >= 4 is 29.8 Å². The second-order valence-corrected chi connectivity index (χ2v) is 31.1. The standard InChI is InChI=1S/C67H104O32/c1-26-39(75)41(77)45(81)58(88-26)97-50-42(78)40(76)34(22-68)92-59(50)98-51-44(80)43(79)49(56(84)85)96-60(51)94-38-16-17-64(9)36(65(38,10)25-69)15-18-67(12)37(64)14-13-31-32-21-62(6,7)54(83)55(63(32,8)19-20-66(31,67)11)99-57-46(82)47(33(74)23-87-57)95-61-53(91-30(5)73)52(90-29(4)72)48(89-28(3)71)35(93-61)24-86-27(2)70/h13,26,32-55,57-61,68-69,74-83H,14-25H2,1-12H3,(H,84,85). The van der Waals surface area contributed by atoms with Gasteiger partial charge < -0.3 is 133 Å². The molecule has 32 heteroatoms. The van der Waals surface area contributed by atoms with Gasteiger partial charge in [-0.25, -0.2) is 4.79 Å². The number of allylic oxidation sites excluding steroid dienone is 2.